The van der Waals surface area contributed by atoms with E-state index < -0.39 is 0 Å². The van der Waals surface area contributed by atoms with Crippen LogP contribution in [0.2, 0.25) is 0 Å². The SMILES string of the molecule is O=C1C(NCCCl)=C(NCCCl)C(=O)C(NCCCl)=C1NCCCl. The molecule has 1 aliphatic rings. The Balaban J connectivity index is 3.21. The molecule has 0 atom stereocenters. The molecule has 0 saturated carbocycles. The predicted octanol–water partition coefficient (Wildman–Crippen LogP) is 0.875. The van der Waals surface area contributed by atoms with Crippen molar-refractivity contribution in [2.75, 3.05) is 49.7 Å². The second-order valence-corrected chi connectivity index (χ2v) is 6.13. The highest BCUT2D eigenvalue weighted by Crippen LogP contribution is 2.19. The van der Waals surface area contributed by atoms with Gasteiger partial charge in [0.15, 0.2) is 0 Å². The molecule has 1 rings (SSSR count). The first kappa shape index (κ1) is 21.2. The van der Waals surface area contributed by atoms with Gasteiger partial charge < -0.3 is 21.3 Å². The standard InChI is InChI=1S/C14H20Cl4N4O2/c15-1-5-19-9-10(20-6-2-16)14(24)12(22-8-4-18)11(13(9)23)21-7-3-17/h19-22H,1-8H2. The highest BCUT2D eigenvalue weighted by atomic mass is 35.5. The summed E-state index contributed by atoms with van der Waals surface area (Å²) in [6.07, 6.45) is 0. The number of ketones is 2. The number of alkyl halides is 4. The average Bonchev–Trinajstić information content (AvgIpc) is 2.59. The lowest BCUT2D eigenvalue weighted by Crippen LogP contribution is -2.44. The van der Waals surface area contributed by atoms with Crippen molar-refractivity contribution in [1.82, 2.24) is 21.3 Å². The number of hydrogen-bond donors (Lipinski definition) is 4. The molecule has 0 fully saturated rings. The number of rotatable bonds is 12. The highest BCUT2D eigenvalue weighted by molar-refractivity contribution is 6.25. The third-order valence-electron chi connectivity index (χ3n) is 2.99. The third kappa shape index (κ3) is 5.62. The van der Waals surface area contributed by atoms with Gasteiger partial charge in [0.1, 0.15) is 22.8 Å². The Morgan fingerprint density at radius 3 is 0.875 bits per heavy atom. The van der Waals surface area contributed by atoms with Crippen LogP contribution in [0.5, 0.6) is 0 Å². The maximum atomic E-state index is 12.8. The molecule has 0 aliphatic heterocycles. The largest absolute Gasteiger partial charge is 0.379 e. The Labute approximate surface area is 161 Å². The number of carbonyl (C=O) groups excluding carboxylic acids is 2. The van der Waals surface area contributed by atoms with Crippen molar-refractivity contribution in [3.63, 3.8) is 0 Å². The van der Waals surface area contributed by atoms with Gasteiger partial charge in [-0.15, -0.1) is 46.4 Å². The molecular weight excluding hydrogens is 398 g/mol. The second-order valence-electron chi connectivity index (χ2n) is 4.62. The molecule has 1 aliphatic carbocycles. The van der Waals surface area contributed by atoms with Crippen LogP contribution in [0.25, 0.3) is 0 Å². The molecule has 10 heteroatoms. The average molecular weight is 418 g/mol. The minimum atomic E-state index is -0.348. The van der Waals surface area contributed by atoms with Crippen LogP contribution >= 0.6 is 46.4 Å². The summed E-state index contributed by atoms with van der Waals surface area (Å²) < 4.78 is 0. The molecule has 6 nitrogen and oxygen atoms in total. The van der Waals surface area contributed by atoms with E-state index in [0.29, 0.717) is 49.7 Å². The van der Waals surface area contributed by atoms with Crippen LogP contribution in [0.3, 0.4) is 0 Å². The van der Waals surface area contributed by atoms with Crippen LogP contribution < -0.4 is 21.3 Å². The fraction of sp³-hybridized carbons (Fsp3) is 0.571. The highest BCUT2D eigenvalue weighted by Gasteiger charge is 2.34. The fourth-order valence-corrected chi connectivity index (χ4v) is 2.45. The molecule has 24 heavy (non-hydrogen) atoms. The Bertz CT molecular complexity index is 437. The number of halogens is 4. The molecular formula is C14H20Cl4N4O2. The van der Waals surface area contributed by atoms with Crippen molar-refractivity contribution < 1.29 is 9.59 Å². The van der Waals surface area contributed by atoms with E-state index in [9.17, 15) is 9.59 Å². The zero-order valence-electron chi connectivity index (χ0n) is 13.0. The smallest absolute Gasteiger partial charge is 0.229 e. The quantitative estimate of drug-likeness (QED) is 0.278. The first-order chi connectivity index (χ1) is 11.6. The lowest BCUT2D eigenvalue weighted by atomic mass is 9.98. The van der Waals surface area contributed by atoms with E-state index in [2.05, 4.69) is 21.3 Å². The van der Waals surface area contributed by atoms with E-state index in [1.54, 1.807) is 0 Å². The van der Waals surface area contributed by atoms with E-state index in [1.165, 1.54) is 0 Å². The lowest BCUT2D eigenvalue weighted by Gasteiger charge is -2.26. The summed E-state index contributed by atoms with van der Waals surface area (Å²) in [5, 5.41) is 11.6. The Morgan fingerprint density at radius 1 is 0.500 bits per heavy atom. The van der Waals surface area contributed by atoms with Crippen molar-refractivity contribution in [3.8, 4) is 0 Å². The van der Waals surface area contributed by atoms with Crippen molar-refractivity contribution in [1.29, 1.82) is 0 Å². The van der Waals surface area contributed by atoms with Crippen molar-refractivity contribution >= 4 is 58.0 Å². The summed E-state index contributed by atoms with van der Waals surface area (Å²) in [5.74, 6) is 0.467. The molecule has 0 saturated heterocycles. The summed E-state index contributed by atoms with van der Waals surface area (Å²) in [6, 6.07) is 0. The minimum Gasteiger partial charge on any atom is -0.379 e. The molecule has 0 unspecified atom stereocenters. The van der Waals surface area contributed by atoms with Crippen LogP contribution in [0.1, 0.15) is 0 Å². The normalized spacial score (nSPS) is 15.0. The van der Waals surface area contributed by atoms with Gasteiger partial charge in [-0.05, 0) is 0 Å². The molecule has 0 aromatic rings. The van der Waals surface area contributed by atoms with Crippen LogP contribution in [0.4, 0.5) is 0 Å². The van der Waals surface area contributed by atoms with Gasteiger partial charge in [0.2, 0.25) is 11.6 Å². The first-order valence-electron chi connectivity index (χ1n) is 7.39. The summed E-state index contributed by atoms with van der Waals surface area (Å²) in [6.45, 7) is 1.37. The molecule has 0 heterocycles. The second kappa shape index (κ2) is 11.7. The third-order valence-corrected chi connectivity index (χ3v) is 3.75. The van der Waals surface area contributed by atoms with Crippen molar-refractivity contribution in [2.45, 2.75) is 0 Å². The van der Waals surface area contributed by atoms with Gasteiger partial charge in [0.05, 0.1) is 0 Å². The molecule has 0 radical (unpaired) electrons. The van der Waals surface area contributed by atoms with Gasteiger partial charge in [-0.3, -0.25) is 9.59 Å². The molecule has 0 bridgehead atoms. The van der Waals surface area contributed by atoms with Crippen LogP contribution in [0.15, 0.2) is 22.8 Å². The lowest BCUT2D eigenvalue weighted by molar-refractivity contribution is -0.117. The summed E-state index contributed by atoms with van der Waals surface area (Å²) in [7, 11) is 0. The van der Waals surface area contributed by atoms with Gasteiger partial charge in [-0.1, -0.05) is 0 Å². The molecule has 0 amide bonds. The van der Waals surface area contributed by atoms with E-state index in [4.69, 9.17) is 46.4 Å². The summed E-state index contributed by atoms with van der Waals surface area (Å²) >= 11 is 22.7. The van der Waals surface area contributed by atoms with Crippen LogP contribution in [0, 0.1) is 0 Å². The van der Waals surface area contributed by atoms with Gasteiger partial charge in [-0.25, -0.2) is 0 Å². The maximum absolute atomic E-state index is 12.8. The summed E-state index contributed by atoms with van der Waals surface area (Å²) in [5.41, 5.74) is 0.664. The maximum Gasteiger partial charge on any atom is 0.229 e. The van der Waals surface area contributed by atoms with Gasteiger partial charge in [-0.2, -0.15) is 0 Å². The summed E-state index contributed by atoms with van der Waals surface area (Å²) in [4.78, 5) is 25.6. The minimum absolute atomic E-state index is 0.166. The van der Waals surface area contributed by atoms with E-state index >= 15 is 0 Å². The fourth-order valence-electron chi connectivity index (χ4n) is 2.07. The molecule has 0 spiro atoms. The van der Waals surface area contributed by atoms with Crippen LogP contribution in [-0.4, -0.2) is 61.3 Å². The zero-order valence-corrected chi connectivity index (χ0v) is 16.0. The molecule has 0 aromatic carbocycles. The first-order valence-corrected chi connectivity index (χ1v) is 9.53. The molecule has 136 valence electrons. The Kier molecular flexibility index (Phi) is 10.3. The van der Waals surface area contributed by atoms with Gasteiger partial charge in [0.25, 0.3) is 0 Å². The Hall–Kier alpha value is -0.820. The zero-order chi connectivity index (χ0) is 17.9. The number of carbonyl (C=O) groups is 2. The molecule has 0 aromatic heterocycles. The van der Waals surface area contributed by atoms with Gasteiger partial charge >= 0.3 is 0 Å². The topological polar surface area (TPSA) is 82.3 Å². The molecule has 4 N–H and O–H groups in total. The van der Waals surface area contributed by atoms with Gasteiger partial charge in [0, 0.05) is 49.7 Å². The predicted molar refractivity (Wildman–Crippen MR) is 99.0 cm³/mol. The number of nitrogens with one attached hydrogen (secondary N) is 4. The van der Waals surface area contributed by atoms with Crippen molar-refractivity contribution in [3.05, 3.63) is 22.8 Å². The Morgan fingerprint density at radius 2 is 0.708 bits per heavy atom. The number of hydrogen-bond acceptors (Lipinski definition) is 6. The van der Waals surface area contributed by atoms with Crippen LogP contribution in [-0.2, 0) is 9.59 Å². The van der Waals surface area contributed by atoms with Crippen molar-refractivity contribution in [2.24, 2.45) is 0 Å². The number of Topliss-reactive ketones (excluding diaryl/α,β-unsaturated/α-hetero) is 2. The van der Waals surface area contributed by atoms with E-state index in [1.807, 2.05) is 0 Å². The monoisotopic (exact) mass is 416 g/mol. The van der Waals surface area contributed by atoms with E-state index in [0.717, 1.165) is 0 Å². The van der Waals surface area contributed by atoms with E-state index in [-0.39, 0.29) is 34.4 Å².